The summed E-state index contributed by atoms with van der Waals surface area (Å²) < 4.78 is 0. The molecule has 3 rings (SSSR count). The molecule has 166 valence electrons. The van der Waals surface area contributed by atoms with E-state index >= 15 is 0 Å². The van der Waals surface area contributed by atoms with E-state index in [2.05, 4.69) is 33.8 Å². The van der Waals surface area contributed by atoms with Gasteiger partial charge in [0.25, 0.3) is 0 Å². The first kappa shape index (κ1) is 23.3. The summed E-state index contributed by atoms with van der Waals surface area (Å²) in [6.07, 6.45) is 2.38. The fourth-order valence-corrected chi connectivity index (χ4v) is 4.55. The predicted molar refractivity (Wildman–Crippen MR) is 129 cm³/mol. The fourth-order valence-electron chi connectivity index (χ4n) is 4.55. The van der Waals surface area contributed by atoms with Crippen LogP contribution in [0.4, 0.5) is 0 Å². The largest absolute Gasteiger partial charge is 0.478 e. The van der Waals surface area contributed by atoms with E-state index in [0.717, 1.165) is 35.1 Å². The molecule has 2 N–H and O–H groups in total. The number of benzene rings is 3. The molecule has 0 bridgehead atoms. The minimum absolute atomic E-state index is 0.221. The summed E-state index contributed by atoms with van der Waals surface area (Å²) in [6.45, 7) is 8.45. The topological polar surface area (TPSA) is 74.6 Å². The minimum Gasteiger partial charge on any atom is -0.478 e. The van der Waals surface area contributed by atoms with Crippen LogP contribution in [-0.4, -0.2) is 22.2 Å². The average Bonchev–Trinajstić information content (AvgIpc) is 2.78. The van der Waals surface area contributed by atoms with Crippen molar-refractivity contribution in [1.29, 1.82) is 0 Å². The van der Waals surface area contributed by atoms with Crippen molar-refractivity contribution in [3.8, 4) is 22.3 Å². The first-order chi connectivity index (χ1) is 15.3. The molecule has 0 atom stereocenters. The summed E-state index contributed by atoms with van der Waals surface area (Å²) in [5.74, 6) is -1.74. The van der Waals surface area contributed by atoms with Gasteiger partial charge in [-0.15, -0.1) is 0 Å². The molecule has 0 saturated carbocycles. The minimum atomic E-state index is -0.994. The maximum atomic E-state index is 12.2. The summed E-state index contributed by atoms with van der Waals surface area (Å²) in [5, 5.41) is 19.9. The first-order valence-corrected chi connectivity index (χ1v) is 11.2. The lowest BCUT2D eigenvalue weighted by Gasteiger charge is -2.25. The van der Waals surface area contributed by atoms with E-state index in [1.165, 1.54) is 5.56 Å². The van der Waals surface area contributed by atoms with Gasteiger partial charge in [-0.25, -0.2) is 9.59 Å². The molecule has 3 aromatic carbocycles. The lowest BCUT2D eigenvalue weighted by molar-refractivity contribution is 0.0686. The van der Waals surface area contributed by atoms with Gasteiger partial charge in [0.2, 0.25) is 0 Å². The third-order valence-corrected chi connectivity index (χ3v) is 5.90. The molecular weight excluding hydrogens is 400 g/mol. The molecule has 32 heavy (non-hydrogen) atoms. The third-order valence-electron chi connectivity index (χ3n) is 5.90. The van der Waals surface area contributed by atoms with Crippen molar-refractivity contribution in [2.45, 2.75) is 52.9 Å². The molecule has 0 heterocycles. The van der Waals surface area contributed by atoms with Gasteiger partial charge in [0.05, 0.1) is 11.1 Å². The SMILES string of the molecule is CCCc1cc(C(C)C)c(CC)c(-c2ccccc2C(=O)O)c1-c1ccccc1C(=O)O. The molecule has 0 unspecified atom stereocenters. The van der Waals surface area contributed by atoms with Crippen molar-refractivity contribution in [2.75, 3.05) is 0 Å². The van der Waals surface area contributed by atoms with Crippen molar-refractivity contribution in [3.63, 3.8) is 0 Å². The van der Waals surface area contributed by atoms with Crippen LogP contribution in [-0.2, 0) is 12.8 Å². The molecule has 0 amide bonds. The molecule has 0 fully saturated rings. The van der Waals surface area contributed by atoms with Gasteiger partial charge in [-0.3, -0.25) is 0 Å². The molecule has 0 saturated heterocycles. The van der Waals surface area contributed by atoms with Crippen LogP contribution in [0.5, 0.6) is 0 Å². The molecule has 3 aromatic rings. The Morgan fingerprint density at radius 3 is 1.75 bits per heavy atom. The van der Waals surface area contributed by atoms with Gasteiger partial charge in [0.1, 0.15) is 0 Å². The second kappa shape index (κ2) is 9.82. The Labute approximate surface area is 189 Å². The Morgan fingerprint density at radius 2 is 1.31 bits per heavy atom. The van der Waals surface area contributed by atoms with Gasteiger partial charge in [-0.2, -0.15) is 0 Å². The Hall–Kier alpha value is -3.40. The molecule has 0 aliphatic carbocycles. The Balaban J connectivity index is 2.59. The summed E-state index contributed by atoms with van der Waals surface area (Å²) in [4.78, 5) is 24.3. The molecule has 0 radical (unpaired) electrons. The number of hydrogen-bond donors (Lipinski definition) is 2. The van der Waals surface area contributed by atoms with Gasteiger partial charge in [0.15, 0.2) is 0 Å². The molecule has 4 nitrogen and oxygen atoms in total. The second-order valence-corrected chi connectivity index (χ2v) is 8.31. The van der Waals surface area contributed by atoms with Crippen LogP contribution in [0.3, 0.4) is 0 Å². The number of aromatic carboxylic acids is 2. The summed E-state index contributed by atoms with van der Waals surface area (Å²) in [5.41, 5.74) is 6.69. The molecule has 0 aliphatic heterocycles. The maximum absolute atomic E-state index is 12.2. The van der Waals surface area contributed by atoms with E-state index in [-0.39, 0.29) is 17.0 Å². The van der Waals surface area contributed by atoms with E-state index < -0.39 is 11.9 Å². The van der Waals surface area contributed by atoms with E-state index in [1.54, 1.807) is 24.3 Å². The Morgan fingerprint density at radius 1 is 0.812 bits per heavy atom. The van der Waals surface area contributed by atoms with Gasteiger partial charge in [-0.1, -0.05) is 76.6 Å². The Bertz CT molecular complexity index is 1160. The highest BCUT2D eigenvalue weighted by Gasteiger charge is 2.25. The average molecular weight is 431 g/mol. The van der Waals surface area contributed by atoms with E-state index in [0.29, 0.717) is 17.5 Å². The monoisotopic (exact) mass is 430 g/mol. The second-order valence-electron chi connectivity index (χ2n) is 8.31. The number of rotatable bonds is 8. The van der Waals surface area contributed by atoms with Crippen molar-refractivity contribution >= 4 is 11.9 Å². The van der Waals surface area contributed by atoms with Crippen LogP contribution in [0.2, 0.25) is 0 Å². The lowest BCUT2D eigenvalue weighted by Crippen LogP contribution is -2.09. The van der Waals surface area contributed by atoms with Crippen LogP contribution < -0.4 is 0 Å². The molecule has 0 aromatic heterocycles. The zero-order chi connectivity index (χ0) is 23.4. The number of aryl methyl sites for hydroxylation is 1. The summed E-state index contributed by atoms with van der Waals surface area (Å²) in [6, 6.07) is 16.2. The van der Waals surface area contributed by atoms with E-state index in [4.69, 9.17) is 0 Å². The van der Waals surface area contributed by atoms with Crippen molar-refractivity contribution in [1.82, 2.24) is 0 Å². The first-order valence-electron chi connectivity index (χ1n) is 11.2. The van der Waals surface area contributed by atoms with Gasteiger partial charge >= 0.3 is 11.9 Å². The Kier molecular flexibility index (Phi) is 7.14. The number of hydrogen-bond acceptors (Lipinski definition) is 2. The van der Waals surface area contributed by atoms with Crippen LogP contribution in [0.25, 0.3) is 22.3 Å². The van der Waals surface area contributed by atoms with Crippen molar-refractivity contribution in [3.05, 3.63) is 82.4 Å². The van der Waals surface area contributed by atoms with Crippen LogP contribution in [0, 0.1) is 0 Å². The predicted octanol–water partition coefficient (Wildman–Crippen LogP) is 7.06. The fraction of sp³-hybridized carbons (Fsp3) is 0.286. The van der Waals surface area contributed by atoms with Gasteiger partial charge in [0, 0.05) is 0 Å². The zero-order valence-electron chi connectivity index (χ0n) is 19.1. The molecule has 0 spiro atoms. The quantitative estimate of drug-likeness (QED) is 0.401. The highest BCUT2D eigenvalue weighted by Crippen LogP contribution is 2.44. The van der Waals surface area contributed by atoms with Gasteiger partial charge < -0.3 is 10.2 Å². The van der Waals surface area contributed by atoms with Crippen molar-refractivity contribution in [2.24, 2.45) is 0 Å². The van der Waals surface area contributed by atoms with E-state index in [9.17, 15) is 19.8 Å². The highest BCUT2D eigenvalue weighted by molar-refractivity contribution is 6.04. The molecule has 4 heteroatoms. The smallest absolute Gasteiger partial charge is 0.336 e. The maximum Gasteiger partial charge on any atom is 0.336 e. The molecular formula is C28H30O4. The zero-order valence-corrected chi connectivity index (χ0v) is 19.1. The van der Waals surface area contributed by atoms with Crippen LogP contribution >= 0.6 is 0 Å². The van der Waals surface area contributed by atoms with Crippen LogP contribution in [0.1, 0.15) is 77.4 Å². The summed E-state index contributed by atoms with van der Waals surface area (Å²) >= 11 is 0. The number of carboxylic acids is 2. The van der Waals surface area contributed by atoms with Gasteiger partial charge in [-0.05, 0) is 69.8 Å². The normalized spacial score (nSPS) is 11.0. The lowest BCUT2D eigenvalue weighted by atomic mass is 9.78. The molecule has 0 aliphatic rings. The number of carbonyl (C=O) groups is 2. The van der Waals surface area contributed by atoms with Crippen molar-refractivity contribution < 1.29 is 19.8 Å². The van der Waals surface area contributed by atoms with E-state index in [1.807, 2.05) is 24.3 Å². The van der Waals surface area contributed by atoms with Crippen LogP contribution in [0.15, 0.2) is 54.6 Å². The summed E-state index contributed by atoms with van der Waals surface area (Å²) in [7, 11) is 0. The number of carboxylic acid groups (broad SMARTS) is 2. The standard InChI is InChI=1S/C28H30O4/c1-5-11-18-16-24(17(3)4)19(6-2)26(21-13-8-10-15-23(21)28(31)32)25(18)20-12-7-9-14-22(20)27(29)30/h7-10,12-17H,5-6,11H2,1-4H3,(H,29,30)(H,31,32). The highest BCUT2D eigenvalue weighted by atomic mass is 16.4. The third kappa shape index (κ3) is 4.31.